The van der Waals surface area contributed by atoms with Gasteiger partial charge in [0.2, 0.25) is 0 Å². The van der Waals surface area contributed by atoms with Crippen LogP contribution in [0.25, 0.3) is 0 Å². The van der Waals surface area contributed by atoms with Crippen LogP contribution in [0.1, 0.15) is 23.6 Å². The minimum Gasteiger partial charge on any atom is -0.467 e. The maximum absolute atomic E-state index is 11.5. The van der Waals surface area contributed by atoms with Crippen LogP contribution in [-0.4, -0.2) is 21.7 Å². The van der Waals surface area contributed by atoms with Gasteiger partial charge in [-0.2, -0.15) is 0 Å². The molecule has 108 valence electrons. The molecule has 0 bridgehead atoms. The summed E-state index contributed by atoms with van der Waals surface area (Å²) >= 11 is 0. The Bertz CT molecular complexity index is 554. The van der Waals surface area contributed by atoms with Gasteiger partial charge in [-0.3, -0.25) is 0 Å². The molecule has 0 aliphatic rings. The summed E-state index contributed by atoms with van der Waals surface area (Å²) in [5.41, 5.74) is 3.41. The van der Waals surface area contributed by atoms with Crippen LogP contribution in [0.15, 0.2) is 72.8 Å². The Morgan fingerprint density at radius 3 is 1.95 bits per heavy atom. The Kier molecular flexibility index (Phi) is 5.52. The van der Waals surface area contributed by atoms with Gasteiger partial charge in [0.05, 0.1) is 15.7 Å². The average Bonchev–Trinajstić information content (AvgIpc) is 2.53. The summed E-state index contributed by atoms with van der Waals surface area (Å²) in [6.45, 7) is 5.29. The number of carbonyl (C=O) groups is 1. The number of esters is 1. The van der Waals surface area contributed by atoms with E-state index in [1.54, 1.807) is 6.92 Å². The molecular weight excluding hydrogens is 276 g/mol. The number of carbonyl (C=O) groups excluding carboxylic acids is 1. The van der Waals surface area contributed by atoms with Gasteiger partial charge in [0.25, 0.3) is 0 Å². The maximum atomic E-state index is 11.5. The van der Waals surface area contributed by atoms with Gasteiger partial charge in [0.1, 0.15) is 0 Å². The van der Waals surface area contributed by atoms with Gasteiger partial charge in [0, 0.05) is 11.1 Å². The highest BCUT2D eigenvalue weighted by Gasteiger charge is 2.15. The van der Waals surface area contributed by atoms with Crippen LogP contribution in [0.2, 0.25) is 0 Å². The first kappa shape index (κ1) is 15.3. The molecule has 0 saturated heterocycles. The molecular formula is C18H20O2Si. The highest BCUT2D eigenvalue weighted by atomic mass is 28.2. The third kappa shape index (κ3) is 4.43. The van der Waals surface area contributed by atoms with Gasteiger partial charge in [-0.15, -0.1) is 0 Å². The third-order valence-corrected chi connectivity index (χ3v) is 5.35. The predicted molar refractivity (Wildman–Crippen MR) is 89.0 cm³/mol. The van der Waals surface area contributed by atoms with E-state index < -0.39 is 9.52 Å². The number of hydrogen-bond donors (Lipinski definition) is 0. The van der Waals surface area contributed by atoms with Crippen molar-refractivity contribution in [3.05, 3.63) is 83.9 Å². The van der Waals surface area contributed by atoms with Gasteiger partial charge in [-0.1, -0.05) is 67.2 Å². The second kappa shape index (κ2) is 7.60. The normalized spacial score (nSPS) is 11.0. The lowest BCUT2D eigenvalue weighted by atomic mass is 10.0. The quantitative estimate of drug-likeness (QED) is 0.465. The van der Waals surface area contributed by atoms with Gasteiger partial charge in [-0.05, 0) is 18.1 Å². The first-order chi connectivity index (χ1) is 10.2. The molecule has 2 rings (SSSR count). The van der Waals surface area contributed by atoms with Crippen molar-refractivity contribution in [3.8, 4) is 0 Å². The smallest absolute Gasteiger partial charge is 0.332 e. The van der Waals surface area contributed by atoms with E-state index in [9.17, 15) is 4.79 Å². The van der Waals surface area contributed by atoms with Crippen molar-refractivity contribution in [1.82, 2.24) is 0 Å². The van der Waals surface area contributed by atoms with Gasteiger partial charge < -0.3 is 4.74 Å². The summed E-state index contributed by atoms with van der Waals surface area (Å²) in [7, 11) is -0.630. The first-order valence-corrected chi connectivity index (χ1v) is 8.92. The Labute approximate surface area is 128 Å². The highest BCUT2D eigenvalue weighted by molar-refractivity contribution is 6.39. The molecule has 0 amide bonds. The molecule has 21 heavy (non-hydrogen) atoms. The Balaban J connectivity index is 2.10. The fourth-order valence-electron chi connectivity index (χ4n) is 2.29. The van der Waals surface area contributed by atoms with Crippen molar-refractivity contribution >= 4 is 15.5 Å². The lowest BCUT2D eigenvalue weighted by Gasteiger charge is -2.17. The van der Waals surface area contributed by atoms with Crippen LogP contribution in [0.5, 0.6) is 0 Å². The van der Waals surface area contributed by atoms with Crippen molar-refractivity contribution in [3.63, 3.8) is 0 Å². The Hall–Kier alpha value is -2.13. The van der Waals surface area contributed by atoms with Crippen molar-refractivity contribution in [2.75, 3.05) is 6.23 Å². The molecule has 0 atom stereocenters. The summed E-state index contributed by atoms with van der Waals surface area (Å²) in [6.07, 6.45) is 0.528. The van der Waals surface area contributed by atoms with Crippen molar-refractivity contribution in [2.45, 2.75) is 12.5 Å². The predicted octanol–water partition coefficient (Wildman–Crippen LogP) is 3.02. The minimum absolute atomic E-state index is 0.289. The zero-order valence-electron chi connectivity index (χ0n) is 12.3. The molecule has 0 aliphatic heterocycles. The van der Waals surface area contributed by atoms with Gasteiger partial charge in [0.15, 0.2) is 0 Å². The fraction of sp³-hybridized carbons (Fsp3) is 0.167. The van der Waals surface area contributed by atoms with E-state index in [0.29, 0.717) is 17.3 Å². The number of ether oxygens (including phenoxy) is 1. The zero-order valence-corrected chi connectivity index (χ0v) is 13.7. The number of benzene rings is 2. The number of rotatable bonds is 6. The van der Waals surface area contributed by atoms with E-state index in [4.69, 9.17) is 4.74 Å². The van der Waals surface area contributed by atoms with Crippen molar-refractivity contribution < 1.29 is 9.53 Å². The second-order valence-corrected chi connectivity index (χ2v) is 6.88. The molecule has 3 heteroatoms. The molecule has 0 spiro atoms. The molecule has 0 unspecified atom stereocenters. The Morgan fingerprint density at radius 2 is 1.52 bits per heavy atom. The molecule has 0 radical (unpaired) electrons. The van der Waals surface area contributed by atoms with Gasteiger partial charge >= 0.3 is 5.97 Å². The van der Waals surface area contributed by atoms with E-state index in [1.807, 2.05) is 12.1 Å². The monoisotopic (exact) mass is 296 g/mol. The molecule has 0 aromatic heterocycles. The lowest BCUT2D eigenvalue weighted by molar-refractivity contribution is -0.137. The van der Waals surface area contributed by atoms with E-state index >= 15 is 0 Å². The molecule has 2 aromatic rings. The average molecular weight is 296 g/mol. The van der Waals surface area contributed by atoms with Crippen LogP contribution in [0.3, 0.4) is 0 Å². The van der Waals surface area contributed by atoms with Crippen LogP contribution in [0, 0.1) is 0 Å². The molecule has 0 N–H and O–H groups in total. The van der Waals surface area contributed by atoms with Crippen LogP contribution in [-0.2, 0) is 9.53 Å². The summed E-state index contributed by atoms with van der Waals surface area (Å²) in [6, 6.07) is 20.8. The molecule has 0 fully saturated rings. The van der Waals surface area contributed by atoms with E-state index in [-0.39, 0.29) is 5.97 Å². The fourth-order valence-corrected chi connectivity index (χ4v) is 4.04. The van der Waals surface area contributed by atoms with Crippen LogP contribution < -0.4 is 0 Å². The highest BCUT2D eigenvalue weighted by Crippen LogP contribution is 2.23. The summed E-state index contributed by atoms with van der Waals surface area (Å²) in [5, 5.41) is 0. The standard InChI is InChI=1S/C18H20O2Si/c1-14(2)18(19)20-13-21-17(15-9-5-3-6-10-15)16-11-7-4-8-12-16/h3-12,17H,1,13,21H2,2H3. The molecule has 2 aromatic carbocycles. The molecule has 0 saturated carbocycles. The molecule has 0 aliphatic carbocycles. The van der Waals surface area contributed by atoms with Crippen LogP contribution >= 0.6 is 0 Å². The van der Waals surface area contributed by atoms with E-state index in [2.05, 4.69) is 55.1 Å². The Morgan fingerprint density at radius 1 is 1.05 bits per heavy atom. The van der Waals surface area contributed by atoms with Crippen LogP contribution in [0.4, 0.5) is 0 Å². The maximum Gasteiger partial charge on any atom is 0.332 e. The minimum atomic E-state index is -0.630. The largest absolute Gasteiger partial charge is 0.467 e. The second-order valence-electron chi connectivity index (χ2n) is 5.08. The molecule has 2 nitrogen and oxygen atoms in total. The van der Waals surface area contributed by atoms with Gasteiger partial charge in [-0.25, -0.2) is 4.79 Å². The van der Waals surface area contributed by atoms with E-state index in [0.717, 1.165) is 0 Å². The lowest BCUT2D eigenvalue weighted by Crippen LogP contribution is -2.18. The topological polar surface area (TPSA) is 26.3 Å². The summed E-state index contributed by atoms with van der Waals surface area (Å²) in [5.74, 6) is -0.289. The first-order valence-electron chi connectivity index (χ1n) is 7.11. The molecule has 0 heterocycles. The number of hydrogen-bond acceptors (Lipinski definition) is 2. The van der Waals surface area contributed by atoms with Crippen molar-refractivity contribution in [2.24, 2.45) is 0 Å². The van der Waals surface area contributed by atoms with Crippen molar-refractivity contribution in [1.29, 1.82) is 0 Å². The van der Waals surface area contributed by atoms with E-state index in [1.165, 1.54) is 11.1 Å². The third-order valence-electron chi connectivity index (χ3n) is 3.39. The zero-order chi connectivity index (χ0) is 15.1. The summed E-state index contributed by atoms with van der Waals surface area (Å²) in [4.78, 5) is 11.5. The SMILES string of the molecule is C=C(C)C(=O)OC[SiH2]C(c1ccccc1)c1ccccc1. The summed E-state index contributed by atoms with van der Waals surface area (Å²) < 4.78 is 5.30.